The quantitative estimate of drug-likeness (QED) is 0.733. The molecular weight excluding hydrogens is 366 g/mol. The highest BCUT2D eigenvalue weighted by atomic mass is 16.5. The highest BCUT2D eigenvalue weighted by Gasteiger charge is 2.28. The molecule has 0 spiro atoms. The van der Waals surface area contributed by atoms with Gasteiger partial charge in [0.05, 0.1) is 18.4 Å². The normalized spacial score (nSPS) is 15.5. The molecule has 1 N–H and O–H groups in total. The summed E-state index contributed by atoms with van der Waals surface area (Å²) in [6, 6.07) is 15.1. The Balaban J connectivity index is 1.56. The van der Waals surface area contributed by atoms with Crippen LogP contribution in [0.4, 0.5) is 5.95 Å². The second kappa shape index (κ2) is 7.83. The summed E-state index contributed by atoms with van der Waals surface area (Å²) in [6.45, 7) is 2.04. The number of benzene rings is 2. The number of Topliss-reactive ketones (excluding diaryl/α,β-unsaturated/α-hetero) is 1. The molecule has 146 valence electrons. The van der Waals surface area contributed by atoms with Crippen molar-refractivity contribution in [3.63, 3.8) is 0 Å². The van der Waals surface area contributed by atoms with Crippen molar-refractivity contribution in [1.82, 2.24) is 9.97 Å². The Morgan fingerprint density at radius 2 is 1.93 bits per heavy atom. The SMILES string of the molecule is COc1cccc(C(=O)Nc2ncc3c(n2)C[C@H](c2ccc(C)cc2)CC3=O)c1. The molecule has 0 saturated heterocycles. The topological polar surface area (TPSA) is 81.2 Å². The van der Waals surface area contributed by atoms with Gasteiger partial charge in [-0.05, 0) is 43.0 Å². The number of nitrogens with zero attached hydrogens (tertiary/aromatic N) is 2. The molecule has 3 aromatic rings. The lowest BCUT2D eigenvalue weighted by Gasteiger charge is -2.23. The van der Waals surface area contributed by atoms with Gasteiger partial charge in [0.25, 0.3) is 5.91 Å². The number of nitrogens with one attached hydrogen (secondary N) is 1. The van der Waals surface area contributed by atoms with Crippen molar-refractivity contribution < 1.29 is 14.3 Å². The number of amides is 1. The number of fused-ring (bicyclic) bond motifs is 1. The Kier molecular flexibility index (Phi) is 5.08. The zero-order valence-corrected chi connectivity index (χ0v) is 16.3. The van der Waals surface area contributed by atoms with Gasteiger partial charge in [-0.25, -0.2) is 9.97 Å². The van der Waals surface area contributed by atoms with Crippen LogP contribution >= 0.6 is 0 Å². The van der Waals surface area contributed by atoms with Gasteiger partial charge in [0.15, 0.2) is 5.78 Å². The van der Waals surface area contributed by atoms with Crippen molar-refractivity contribution in [1.29, 1.82) is 0 Å². The van der Waals surface area contributed by atoms with Crippen LogP contribution < -0.4 is 10.1 Å². The Morgan fingerprint density at radius 3 is 2.69 bits per heavy atom. The van der Waals surface area contributed by atoms with Crippen LogP contribution in [0.3, 0.4) is 0 Å². The van der Waals surface area contributed by atoms with Gasteiger partial charge in [-0.15, -0.1) is 0 Å². The summed E-state index contributed by atoms with van der Waals surface area (Å²) in [5.74, 6) is 0.556. The molecule has 1 heterocycles. The van der Waals surface area contributed by atoms with Crippen LogP contribution in [0, 0.1) is 6.92 Å². The summed E-state index contributed by atoms with van der Waals surface area (Å²) in [5, 5.41) is 2.71. The number of anilines is 1. The maximum absolute atomic E-state index is 12.6. The number of carbonyl (C=O) groups is 2. The summed E-state index contributed by atoms with van der Waals surface area (Å²) < 4.78 is 5.15. The zero-order valence-electron chi connectivity index (χ0n) is 16.3. The maximum Gasteiger partial charge on any atom is 0.258 e. The average Bonchev–Trinajstić information content (AvgIpc) is 2.74. The largest absolute Gasteiger partial charge is 0.497 e. The van der Waals surface area contributed by atoms with E-state index >= 15 is 0 Å². The van der Waals surface area contributed by atoms with Gasteiger partial charge in [0.2, 0.25) is 5.95 Å². The molecule has 1 amide bonds. The van der Waals surface area contributed by atoms with E-state index in [1.807, 2.05) is 6.92 Å². The number of hydrogen-bond acceptors (Lipinski definition) is 5. The fraction of sp³-hybridized carbons (Fsp3) is 0.217. The van der Waals surface area contributed by atoms with E-state index in [0.29, 0.717) is 35.4 Å². The van der Waals surface area contributed by atoms with E-state index in [9.17, 15) is 9.59 Å². The highest BCUT2D eigenvalue weighted by Crippen LogP contribution is 2.32. The van der Waals surface area contributed by atoms with E-state index in [2.05, 4.69) is 39.6 Å². The van der Waals surface area contributed by atoms with Crippen LogP contribution in [0.5, 0.6) is 5.75 Å². The predicted molar refractivity (Wildman–Crippen MR) is 110 cm³/mol. The minimum absolute atomic E-state index is 0.0301. The molecule has 2 aromatic carbocycles. The minimum Gasteiger partial charge on any atom is -0.497 e. The highest BCUT2D eigenvalue weighted by molar-refractivity contribution is 6.04. The van der Waals surface area contributed by atoms with Gasteiger partial charge in [-0.3, -0.25) is 14.9 Å². The fourth-order valence-corrected chi connectivity index (χ4v) is 3.52. The number of aryl methyl sites for hydroxylation is 1. The molecule has 6 nitrogen and oxygen atoms in total. The van der Waals surface area contributed by atoms with Crippen molar-refractivity contribution in [2.45, 2.75) is 25.7 Å². The molecule has 1 aliphatic rings. The monoisotopic (exact) mass is 387 g/mol. The lowest BCUT2D eigenvalue weighted by atomic mass is 9.82. The molecule has 0 unspecified atom stereocenters. The van der Waals surface area contributed by atoms with Crippen molar-refractivity contribution >= 4 is 17.6 Å². The average molecular weight is 387 g/mol. The summed E-state index contributed by atoms with van der Waals surface area (Å²) >= 11 is 0. The van der Waals surface area contributed by atoms with Crippen LogP contribution in [-0.4, -0.2) is 28.8 Å². The molecule has 0 radical (unpaired) electrons. The number of hydrogen-bond donors (Lipinski definition) is 1. The number of methoxy groups -OCH3 is 1. The van der Waals surface area contributed by atoms with Crippen LogP contribution in [-0.2, 0) is 6.42 Å². The molecular formula is C23H21N3O3. The van der Waals surface area contributed by atoms with Crippen LogP contribution in [0.2, 0.25) is 0 Å². The zero-order chi connectivity index (χ0) is 20.4. The predicted octanol–water partition coefficient (Wildman–Crippen LogP) is 3.96. The molecule has 29 heavy (non-hydrogen) atoms. The lowest BCUT2D eigenvalue weighted by Crippen LogP contribution is -2.22. The third-order valence-corrected chi connectivity index (χ3v) is 5.15. The minimum atomic E-state index is -0.332. The molecule has 1 atom stereocenters. The number of ketones is 1. The Bertz CT molecular complexity index is 1080. The van der Waals surface area contributed by atoms with Crippen LogP contribution in [0.25, 0.3) is 0 Å². The van der Waals surface area contributed by atoms with E-state index in [1.165, 1.54) is 11.8 Å². The van der Waals surface area contributed by atoms with Crippen molar-refractivity contribution in [2.75, 3.05) is 12.4 Å². The molecule has 0 bridgehead atoms. The number of aromatic nitrogens is 2. The Labute approximate surface area is 169 Å². The first-order valence-corrected chi connectivity index (χ1v) is 9.44. The molecule has 6 heteroatoms. The Hall–Kier alpha value is -3.54. The fourth-order valence-electron chi connectivity index (χ4n) is 3.52. The summed E-state index contributed by atoms with van der Waals surface area (Å²) in [4.78, 5) is 33.7. The first-order valence-electron chi connectivity index (χ1n) is 9.44. The van der Waals surface area contributed by atoms with E-state index < -0.39 is 0 Å². The Morgan fingerprint density at radius 1 is 1.14 bits per heavy atom. The van der Waals surface area contributed by atoms with Gasteiger partial charge < -0.3 is 4.74 Å². The van der Waals surface area contributed by atoms with Crippen molar-refractivity contribution in [2.24, 2.45) is 0 Å². The van der Waals surface area contributed by atoms with Gasteiger partial charge >= 0.3 is 0 Å². The number of rotatable bonds is 4. The van der Waals surface area contributed by atoms with Gasteiger partial charge in [0, 0.05) is 18.2 Å². The first-order chi connectivity index (χ1) is 14.0. The van der Waals surface area contributed by atoms with Crippen LogP contribution in [0.15, 0.2) is 54.7 Å². The van der Waals surface area contributed by atoms with Gasteiger partial charge in [-0.2, -0.15) is 0 Å². The van der Waals surface area contributed by atoms with E-state index in [-0.39, 0.29) is 23.6 Å². The standard InChI is InChI=1S/C23H21N3O3/c1-14-6-8-15(9-7-14)17-11-20-19(21(27)12-17)13-24-23(25-20)26-22(28)16-4-3-5-18(10-16)29-2/h3-10,13,17H,11-12H2,1-2H3,(H,24,25,26,28)/t17-/m0/s1. The third-order valence-electron chi connectivity index (χ3n) is 5.15. The number of carbonyl (C=O) groups excluding carboxylic acids is 2. The number of ether oxygens (including phenoxy) is 1. The summed E-state index contributed by atoms with van der Waals surface area (Å²) in [7, 11) is 1.55. The van der Waals surface area contributed by atoms with Crippen molar-refractivity contribution in [3.05, 3.63) is 82.7 Å². The second-order valence-electron chi connectivity index (χ2n) is 7.18. The molecule has 1 aromatic heterocycles. The molecule has 1 aliphatic carbocycles. The van der Waals surface area contributed by atoms with E-state index in [0.717, 1.165) is 5.56 Å². The summed E-state index contributed by atoms with van der Waals surface area (Å²) in [5.41, 5.74) is 3.95. The summed E-state index contributed by atoms with van der Waals surface area (Å²) in [6.07, 6.45) is 2.58. The first kappa shape index (κ1) is 18.8. The maximum atomic E-state index is 12.6. The third kappa shape index (κ3) is 4.01. The molecule has 0 aliphatic heterocycles. The smallest absolute Gasteiger partial charge is 0.258 e. The molecule has 0 fully saturated rings. The molecule has 4 rings (SSSR count). The van der Waals surface area contributed by atoms with Crippen molar-refractivity contribution in [3.8, 4) is 5.75 Å². The van der Waals surface area contributed by atoms with E-state index in [4.69, 9.17) is 4.74 Å². The molecule has 0 saturated carbocycles. The lowest BCUT2D eigenvalue weighted by molar-refractivity contribution is 0.0962. The van der Waals surface area contributed by atoms with Crippen LogP contribution in [0.1, 0.15) is 49.9 Å². The van der Waals surface area contributed by atoms with Gasteiger partial charge in [0.1, 0.15) is 5.75 Å². The van der Waals surface area contributed by atoms with Gasteiger partial charge in [-0.1, -0.05) is 35.9 Å². The second-order valence-corrected chi connectivity index (χ2v) is 7.18. The van der Waals surface area contributed by atoms with E-state index in [1.54, 1.807) is 31.4 Å².